The zero-order valence-corrected chi connectivity index (χ0v) is 13.0. The average molecular weight is 308 g/mol. The summed E-state index contributed by atoms with van der Waals surface area (Å²) in [5.74, 6) is 1.47. The highest BCUT2D eigenvalue weighted by Gasteiger charge is 2.46. The molecule has 4 heteroatoms. The van der Waals surface area contributed by atoms with E-state index in [1.54, 1.807) is 0 Å². The third-order valence-corrected chi connectivity index (χ3v) is 5.62. The molecule has 2 aliphatic carbocycles. The van der Waals surface area contributed by atoms with Crippen molar-refractivity contribution in [2.45, 2.75) is 50.5 Å². The van der Waals surface area contributed by atoms with Gasteiger partial charge in [-0.25, -0.2) is 0 Å². The maximum absolute atomic E-state index is 6.63. The van der Waals surface area contributed by atoms with Gasteiger partial charge in [0, 0.05) is 11.0 Å². The largest absolute Gasteiger partial charge is 0.489 e. The predicted octanol–water partition coefficient (Wildman–Crippen LogP) is 4.01. The monoisotopic (exact) mass is 307 g/mol. The van der Waals surface area contributed by atoms with Gasteiger partial charge in [0.15, 0.2) is 11.5 Å². The molecule has 4 rings (SSSR count). The van der Waals surface area contributed by atoms with Crippen LogP contribution in [0.5, 0.6) is 11.5 Å². The molecule has 2 saturated carbocycles. The Balaban J connectivity index is 1.68. The molecule has 3 aliphatic rings. The van der Waals surface area contributed by atoms with Crippen LogP contribution in [0.25, 0.3) is 0 Å². The molecule has 2 fully saturated rings. The van der Waals surface area contributed by atoms with Crippen molar-refractivity contribution in [1.82, 2.24) is 0 Å². The first-order valence-electron chi connectivity index (χ1n) is 7.99. The lowest BCUT2D eigenvalue weighted by molar-refractivity contribution is 0.197. The summed E-state index contributed by atoms with van der Waals surface area (Å²) in [4.78, 5) is 0. The lowest BCUT2D eigenvalue weighted by Gasteiger charge is -2.34. The Morgan fingerprint density at radius 2 is 1.67 bits per heavy atom. The Morgan fingerprint density at radius 1 is 0.952 bits per heavy atom. The minimum absolute atomic E-state index is 0.230. The van der Waals surface area contributed by atoms with E-state index in [4.69, 9.17) is 26.8 Å². The minimum atomic E-state index is -0.260. The summed E-state index contributed by atoms with van der Waals surface area (Å²) in [7, 11) is 0. The third kappa shape index (κ3) is 2.40. The fourth-order valence-corrected chi connectivity index (χ4v) is 3.80. The van der Waals surface area contributed by atoms with Gasteiger partial charge in [0.2, 0.25) is 0 Å². The summed E-state index contributed by atoms with van der Waals surface area (Å²) in [6.07, 6.45) is 8.06. The number of rotatable bonds is 1. The second kappa shape index (κ2) is 4.79. The summed E-state index contributed by atoms with van der Waals surface area (Å²) < 4.78 is 12.0. The van der Waals surface area contributed by atoms with Gasteiger partial charge in [0.05, 0.1) is 18.2 Å². The molecule has 0 bridgehead atoms. The Kier molecular flexibility index (Phi) is 3.13. The van der Waals surface area contributed by atoms with Crippen LogP contribution in [0.15, 0.2) is 12.1 Å². The van der Waals surface area contributed by atoms with Gasteiger partial charge in [-0.15, -0.1) is 0 Å². The summed E-state index contributed by atoms with van der Waals surface area (Å²) in [6, 6.07) is 4.05. The normalized spacial score (nSPS) is 25.4. The molecule has 0 unspecified atom stereocenters. The van der Waals surface area contributed by atoms with Crippen molar-refractivity contribution in [2.75, 3.05) is 13.2 Å². The highest BCUT2D eigenvalue weighted by Crippen LogP contribution is 2.51. The van der Waals surface area contributed by atoms with Gasteiger partial charge >= 0.3 is 0 Å². The average Bonchev–Trinajstić information content (AvgIpc) is 3.27. The maximum atomic E-state index is 6.63. The van der Waals surface area contributed by atoms with Crippen LogP contribution in [0, 0.1) is 5.41 Å². The van der Waals surface area contributed by atoms with Crippen LogP contribution in [0.1, 0.15) is 50.5 Å². The molecule has 0 aromatic heterocycles. The second-order valence-corrected chi connectivity index (χ2v) is 7.49. The zero-order valence-electron chi connectivity index (χ0n) is 12.3. The van der Waals surface area contributed by atoms with Crippen molar-refractivity contribution >= 4 is 11.6 Å². The Bertz CT molecular complexity index is 562. The van der Waals surface area contributed by atoms with Crippen molar-refractivity contribution in [3.63, 3.8) is 0 Å². The van der Waals surface area contributed by atoms with E-state index < -0.39 is 0 Å². The lowest BCUT2D eigenvalue weighted by Crippen LogP contribution is -2.38. The molecular formula is C17H22ClNO2. The summed E-state index contributed by atoms with van der Waals surface area (Å²) in [5, 5.41) is 0.635. The highest BCUT2D eigenvalue weighted by molar-refractivity contribution is 6.32. The predicted molar refractivity (Wildman–Crippen MR) is 83.1 cm³/mol. The van der Waals surface area contributed by atoms with Crippen LogP contribution in [-0.4, -0.2) is 13.2 Å². The standard InChI is InChI=1S/C17H22ClNO2/c18-13-8-12(17(19)4-2-1-3-5-17)9-14-15(13)21-11-16(6-7-16)10-20-14/h8-9H,1-7,10-11,19H2. The Labute approximate surface area is 130 Å². The van der Waals surface area contributed by atoms with Crippen molar-refractivity contribution in [2.24, 2.45) is 11.1 Å². The van der Waals surface area contributed by atoms with E-state index in [1.807, 2.05) is 6.07 Å². The van der Waals surface area contributed by atoms with Crippen LogP contribution in [0.3, 0.4) is 0 Å². The van der Waals surface area contributed by atoms with E-state index in [0.717, 1.165) is 30.8 Å². The van der Waals surface area contributed by atoms with E-state index in [-0.39, 0.29) is 11.0 Å². The fraction of sp³-hybridized carbons (Fsp3) is 0.647. The molecule has 0 amide bonds. The van der Waals surface area contributed by atoms with Crippen LogP contribution < -0.4 is 15.2 Å². The quantitative estimate of drug-likeness (QED) is 0.852. The summed E-state index contributed by atoms with van der Waals surface area (Å²) in [6.45, 7) is 1.45. The molecule has 2 N–H and O–H groups in total. The topological polar surface area (TPSA) is 44.5 Å². The first-order valence-corrected chi connectivity index (χ1v) is 8.37. The minimum Gasteiger partial charge on any atom is -0.489 e. The Hall–Kier alpha value is -0.930. The molecule has 21 heavy (non-hydrogen) atoms. The summed E-state index contributed by atoms with van der Waals surface area (Å²) in [5.41, 5.74) is 7.70. The summed E-state index contributed by atoms with van der Waals surface area (Å²) >= 11 is 6.45. The SMILES string of the molecule is NC1(c2cc(Cl)c3c(c2)OCC2(CC2)CO3)CCCCC1. The molecular weight excluding hydrogens is 286 g/mol. The molecule has 0 radical (unpaired) electrons. The zero-order chi connectivity index (χ0) is 14.5. The van der Waals surface area contributed by atoms with Crippen LogP contribution in [0.4, 0.5) is 0 Å². The molecule has 1 aromatic rings. The third-order valence-electron chi connectivity index (χ3n) is 5.34. The number of hydrogen-bond donors (Lipinski definition) is 1. The van der Waals surface area contributed by atoms with E-state index in [2.05, 4.69) is 6.07 Å². The lowest BCUT2D eigenvalue weighted by atomic mass is 9.77. The van der Waals surface area contributed by atoms with Crippen molar-refractivity contribution in [1.29, 1.82) is 0 Å². The molecule has 0 saturated heterocycles. The van der Waals surface area contributed by atoms with Gasteiger partial charge in [-0.1, -0.05) is 30.9 Å². The van der Waals surface area contributed by atoms with Crippen molar-refractivity contribution < 1.29 is 9.47 Å². The molecule has 1 aliphatic heterocycles. The van der Waals surface area contributed by atoms with Crippen molar-refractivity contribution in [3.05, 3.63) is 22.7 Å². The van der Waals surface area contributed by atoms with Gasteiger partial charge in [0.1, 0.15) is 0 Å². The van der Waals surface area contributed by atoms with Gasteiger partial charge in [-0.05, 0) is 43.4 Å². The number of fused-ring (bicyclic) bond motifs is 1. The van der Waals surface area contributed by atoms with Crippen LogP contribution in [0.2, 0.25) is 5.02 Å². The smallest absolute Gasteiger partial charge is 0.179 e. The molecule has 0 atom stereocenters. The first kappa shape index (κ1) is 13.7. The van der Waals surface area contributed by atoms with E-state index >= 15 is 0 Å². The highest BCUT2D eigenvalue weighted by atomic mass is 35.5. The second-order valence-electron chi connectivity index (χ2n) is 7.08. The molecule has 114 valence electrons. The number of ether oxygens (including phenoxy) is 2. The molecule has 3 nitrogen and oxygen atoms in total. The van der Waals surface area contributed by atoms with Gasteiger partial charge in [-0.3, -0.25) is 0 Å². The molecule has 1 heterocycles. The van der Waals surface area contributed by atoms with Gasteiger partial charge < -0.3 is 15.2 Å². The number of hydrogen-bond acceptors (Lipinski definition) is 3. The van der Waals surface area contributed by atoms with Crippen LogP contribution >= 0.6 is 11.6 Å². The Morgan fingerprint density at radius 3 is 2.38 bits per heavy atom. The fourth-order valence-electron chi connectivity index (χ4n) is 3.54. The van der Waals surface area contributed by atoms with E-state index in [1.165, 1.54) is 32.1 Å². The van der Waals surface area contributed by atoms with Gasteiger partial charge in [0.25, 0.3) is 0 Å². The first-order chi connectivity index (χ1) is 10.1. The molecule has 1 spiro atoms. The molecule has 1 aromatic carbocycles. The maximum Gasteiger partial charge on any atom is 0.179 e. The van der Waals surface area contributed by atoms with Crippen LogP contribution in [-0.2, 0) is 5.54 Å². The van der Waals surface area contributed by atoms with Crippen molar-refractivity contribution in [3.8, 4) is 11.5 Å². The van der Waals surface area contributed by atoms with E-state index in [9.17, 15) is 0 Å². The number of nitrogens with two attached hydrogens (primary N) is 1. The van der Waals surface area contributed by atoms with E-state index in [0.29, 0.717) is 17.4 Å². The number of halogens is 1. The number of benzene rings is 1. The van der Waals surface area contributed by atoms with Gasteiger partial charge in [-0.2, -0.15) is 0 Å².